The number of urea groups is 1. The van der Waals surface area contributed by atoms with Crippen molar-refractivity contribution in [2.45, 2.75) is 45.6 Å². The van der Waals surface area contributed by atoms with Crippen molar-refractivity contribution >= 4 is 6.03 Å². The lowest BCUT2D eigenvalue weighted by atomic mass is 10.1. The quantitative estimate of drug-likeness (QED) is 0.718. The minimum Gasteiger partial charge on any atom is -0.497 e. The van der Waals surface area contributed by atoms with E-state index < -0.39 is 0 Å². The van der Waals surface area contributed by atoms with Crippen molar-refractivity contribution in [1.82, 2.24) is 10.6 Å². The lowest BCUT2D eigenvalue weighted by Crippen LogP contribution is -2.40. The molecule has 1 aromatic rings. The zero-order valence-corrected chi connectivity index (χ0v) is 12.7. The van der Waals surface area contributed by atoms with Gasteiger partial charge in [-0.15, -0.1) is 0 Å². The highest BCUT2D eigenvalue weighted by molar-refractivity contribution is 5.74. The molecule has 2 amide bonds. The van der Waals surface area contributed by atoms with Gasteiger partial charge in [0.05, 0.1) is 7.11 Å². The van der Waals surface area contributed by atoms with Gasteiger partial charge in [0.1, 0.15) is 5.75 Å². The fourth-order valence-corrected chi connectivity index (χ4v) is 1.83. The minimum atomic E-state index is -0.0659. The molecule has 1 atom stereocenters. The Morgan fingerprint density at radius 2 is 1.95 bits per heavy atom. The Balaban J connectivity index is 2.11. The molecule has 1 aromatic carbocycles. The van der Waals surface area contributed by atoms with Crippen LogP contribution in [0.15, 0.2) is 24.3 Å². The zero-order valence-electron chi connectivity index (χ0n) is 12.7. The molecule has 4 nitrogen and oxygen atoms in total. The van der Waals surface area contributed by atoms with Gasteiger partial charge in [0.15, 0.2) is 0 Å². The van der Waals surface area contributed by atoms with E-state index in [1.54, 1.807) is 7.11 Å². The van der Waals surface area contributed by atoms with Crippen molar-refractivity contribution in [3.63, 3.8) is 0 Å². The Morgan fingerprint density at radius 3 is 2.55 bits per heavy atom. The van der Waals surface area contributed by atoms with E-state index in [2.05, 4.69) is 29.7 Å². The summed E-state index contributed by atoms with van der Waals surface area (Å²) in [5.41, 5.74) is 1.30. The van der Waals surface area contributed by atoms with Crippen LogP contribution in [0.3, 0.4) is 0 Å². The van der Waals surface area contributed by atoms with E-state index in [4.69, 9.17) is 4.74 Å². The number of hydrogen-bond acceptors (Lipinski definition) is 2. The van der Waals surface area contributed by atoms with Crippen molar-refractivity contribution in [3.8, 4) is 5.75 Å². The van der Waals surface area contributed by atoms with Crippen molar-refractivity contribution in [1.29, 1.82) is 0 Å². The number of methoxy groups -OCH3 is 1. The smallest absolute Gasteiger partial charge is 0.314 e. The predicted octanol–water partition coefficient (Wildman–Crippen LogP) is 3.12. The highest BCUT2D eigenvalue weighted by Gasteiger charge is 2.03. The number of benzene rings is 1. The third-order valence-electron chi connectivity index (χ3n) is 3.33. The molecule has 1 rings (SSSR count). The Bertz CT molecular complexity index is 390. The first-order valence-corrected chi connectivity index (χ1v) is 7.33. The van der Waals surface area contributed by atoms with Gasteiger partial charge in [-0.05, 0) is 50.3 Å². The second kappa shape index (κ2) is 9.23. The Kier molecular flexibility index (Phi) is 7.55. The molecule has 0 aliphatic carbocycles. The molecule has 0 aromatic heterocycles. The molecule has 0 radical (unpaired) electrons. The molecule has 0 bridgehead atoms. The van der Waals surface area contributed by atoms with Crippen LogP contribution in [0, 0.1) is 0 Å². The number of ether oxygens (including phenoxy) is 1. The first-order chi connectivity index (χ1) is 9.65. The molecule has 0 spiro atoms. The maximum absolute atomic E-state index is 11.5. The van der Waals surface area contributed by atoms with Crippen LogP contribution in [0.4, 0.5) is 4.79 Å². The molecule has 0 aliphatic rings. The van der Waals surface area contributed by atoms with Crippen molar-refractivity contribution in [2.75, 3.05) is 13.7 Å². The normalized spacial score (nSPS) is 11.8. The van der Waals surface area contributed by atoms with Gasteiger partial charge in [-0.25, -0.2) is 4.79 Å². The van der Waals surface area contributed by atoms with Gasteiger partial charge in [-0.1, -0.05) is 19.1 Å². The molecule has 4 heteroatoms. The molecule has 112 valence electrons. The van der Waals surface area contributed by atoms with Crippen LogP contribution < -0.4 is 15.4 Å². The SMILES string of the molecule is CCC(C)NC(=O)NCCCCc1ccc(OC)cc1. The average Bonchev–Trinajstić information content (AvgIpc) is 2.47. The monoisotopic (exact) mass is 278 g/mol. The van der Waals surface area contributed by atoms with Crippen LogP contribution in [0.25, 0.3) is 0 Å². The lowest BCUT2D eigenvalue weighted by molar-refractivity contribution is 0.237. The molecule has 0 heterocycles. The van der Waals surface area contributed by atoms with Crippen LogP contribution in [0.5, 0.6) is 5.75 Å². The number of nitrogens with one attached hydrogen (secondary N) is 2. The van der Waals surface area contributed by atoms with E-state index >= 15 is 0 Å². The predicted molar refractivity (Wildman–Crippen MR) is 82.2 cm³/mol. The van der Waals surface area contributed by atoms with Crippen LogP contribution in [-0.4, -0.2) is 25.7 Å². The number of hydrogen-bond donors (Lipinski definition) is 2. The lowest BCUT2D eigenvalue weighted by Gasteiger charge is -2.12. The summed E-state index contributed by atoms with van der Waals surface area (Å²) in [6.07, 6.45) is 4.03. The van der Waals surface area contributed by atoms with E-state index in [-0.39, 0.29) is 12.1 Å². The number of unbranched alkanes of at least 4 members (excludes halogenated alkanes) is 1. The highest BCUT2D eigenvalue weighted by atomic mass is 16.5. The first kappa shape index (κ1) is 16.3. The summed E-state index contributed by atoms with van der Waals surface area (Å²) >= 11 is 0. The summed E-state index contributed by atoms with van der Waals surface area (Å²) in [6.45, 7) is 4.78. The average molecular weight is 278 g/mol. The van der Waals surface area contributed by atoms with E-state index in [0.717, 1.165) is 38.0 Å². The summed E-state index contributed by atoms with van der Waals surface area (Å²) in [5.74, 6) is 0.886. The second-order valence-corrected chi connectivity index (χ2v) is 5.01. The van der Waals surface area contributed by atoms with Gasteiger partial charge in [-0.2, -0.15) is 0 Å². The third-order valence-corrected chi connectivity index (χ3v) is 3.33. The summed E-state index contributed by atoms with van der Waals surface area (Å²) in [6, 6.07) is 8.29. The van der Waals surface area contributed by atoms with Crippen LogP contribution in [0.2, 0.25) is 0 Å². The number of carbonyl (C=O) groups is 1. The van der Waals surface area contributed by atoms with Crippen molar-refractivity contribution in [2.24, 2.45) is 0 Å². The zero-order chi connectivity index (χ0) is 14.8. The molecular weight excluding hydrogens is 252 g/mol. The highest BCUT2D eigenvalue weighted by Crippen LogP contribution is 2.12. The van der Waals surface area contributed by atoms with Gasteiger partial charge < -0.3 is 15.4 Å². The van der Waals surface area contributed by atoms with Gasteiger partial charge in [0, 0.05) is 12.6 Å². The topological polar surface area (TPSA) is 50.4 Å². The molecule has 0 saturated carbocycles. The molecule has 0 saturated heterocycles. The molecule has 0 fully saturated rings. The number of amides is 2. The Labute approximate surface area is 121 Å². The molecule has 20 heavy (non-hydrogen) atoms. The molecule has 2 N–H and O–H groups in total. The maximum atomic E-state index is 11.5. The largest absolute Gasteiger partial charge is 0.497 e. The van der Waals surface area contributed by atoms with Crippen molar-refractivity contribution in [3.05, 3.63) is 29.8 Å². The van der Waals surface area contributed by atoms with Crippen LogP contribution in [0.1, 0.15) is 38.7 Å². The standard InChI is InChI=1S/C16H26N2O2/c1-4-13(2)18-16(19)17-12-6-5-7-14-8-10-15(20-3)11-9-14/h8-11,13H,4-7,12H2,1-3H3,(H2,17,18,19). The molecule has 0 aliphatic heterocycles. The molecular formula is C16H26N2O2. The van der Waals surface area contributed by atoms with Gasteiger partial charge in [0.2, 0.25) is 0 Å². The third kappa shape index (κ3) is 6.45. The van der Waals surface area contributed by atoms with Gasteiger partial charge >= 0.3 is 6.03 Å². The molecule has 1 unspecified atom stereocenters. The number of aryl methyl sites for hydroxylation is 1. The number of rotatable bonds is 8. The van der Waals surface area contributed by atoms with Crippen LogP contribution in [-0.2, 0) is 6.42 Å². The minimum absolute atomic E-state index is 0.0659. The van der Waals surface area contributed by atoms with Gasteiger partial charge in [-0.3, -0.25) is 0 Å². The summed E-state index contributed by atoms with van der Waals surface area (Å²) in [4.78, 5) is 11.5. The van der Waals surface area contributed by atoms with E-state index in [1.807, 2.05) is 19.1 Å². The van der Waals surface area contributed by atoms with E-state index in [1.165, 1.54) is 5.56 Å². The Morgan fingerprint density at radius 1 is 1.25 bits per heavy atom. The Hall–Kier alpha value is -1.71. The second-order valence-electron chi connectivity index (χ2n) is 5.01. The summed E-state index contributed by atoms with van der Waals surface area (Å²) in [5, 5.41) is 5.77. The van der Waals surface area contributed by atoms with Gasteiger partial charge in [0.25, 0.3) is 0 Å². The van der Waals surface area contributed by atoms with E-state index in [9.17, 15) is 4.79 Å². The summed E-state index contributed by atoms with van der Waals surface area (Å²) < 4.78 is 5.12. The van der Waals surface area contributed by atoms with E-state index in [0.29, 0.717) is 0 Å². The number of carbonyl (C=O) groups excluding carboxylic acids is 1. The van der Waals surface area contributed by atoms with Crippen LogP contribution >= 0.6 is 0 Å². The summed E-state index contributed by atoms with van der Waals surface area (Å²) in [7, 11) is 1.67. The first-order valence-electron chi connectivity index (χ1n) is 7.33. The van der Waals surface area contributed by atoms with Crippen molar-refractivity contribution < 1.29 is 9.53 Å². The fraction of sp³-hybridized carbons (Fsp3) is 0.562. The maximum Gasteiger partial charge on any atom is 0.314 e. The fourth-order valence-electron chi connectivity index (χ4n) is 1.83.